The van der Waals surface area contributed by atoms with E-state index in [-0.39, 0.29) is 11.8 Å². The van der Waals surface area contributed by atoms with Crippen molar-refractivity contribution in [3.05, 3.63) is 47.8 Å². The first-order valence-electron chi connectivity index (χ1n) is 11.4. The lowest BCUT2D eigenvalue weighted by Crippen LogP contribution is -2.51. The second-order valence-corrected chi connectivity index (χ2v) is 8.69. The van der Waals surface area contributed by atoms with Gasteiger partial charge in [0.1, 0.15) is 18.1 Å². The summed E-state index contributed by atoms with van der Waals surface area (Å²) in [5.41, 5.74) is 1.43. The number of carbonyl (C=O) groups excluding carboxylic acids is 2. The maximum atomic E-state index is 13.2. The third kappa shape index (κ3) is 4.75. The first kappa shape index (κ1) is 21.4. The van der Waals surface area contributed by atoms with Gasteiger partial charge in [-0.1, -0.05) is 31.0 Å². The van der Waals surface area contributed by atoms with Crippen LogP contribution >= 0.6 is 0 Å². The molecule has 1 N–H and O–H groups in total. The Kier molecular flexibility index (Phi) is 6.59. The molecule has 1 aromatic carbocycles. The average molecular weight is 425 g/mol. The van der Waals surface area contributed by atoms with Crippen LogP contribution < -0.4 is 10.1 Å². The normalized spacial score (nSPS) is 19.9. The van der Waals surface area contributed by atoms with Crippen molar-refractivity contribution in [3.63, 3.8) is 0 Å². The highest BCUT2D eigenvalue weighted by atomic mass is 16.5. The molecule has 0 aliphatic carbocycles. The van der Waals surface area contributed by atoms with Crippen molar-refractivity contribution in [2.45, 2.75) is 44.9 Å². The lowest BCUT2D eigenvalue weighted by molar-refractivity contribution is -0.134. The fourth-order valence-corrected chi connectivity index (χ4v) is 4.79. The van der Waals surface area contributed by atoms with Gasteiger partial charge in [-0.3, -0.25) is 14.3 Å². The van der Waals surface area contributed by atoms with E-state index in [1.807, 2.05) is 17.0 Å². The number of fused-ring (bicyclic) bond motifs is 1. The second kappa shape index (κ2) is 9.54. The zero-order chi connectivity index (χ0) is 21.7. The Labute approximate surface area is 183 Å². The van der Waals surface area contributed by atoms with Crippen molar-refractivity contribution in [2.24, 2.45) is 12.5 Å². The Bertz CT molecular complexity index is 915. The summed E-state index contributed by atoms with van der Waals surface area (Å²) < 4.78 is 7.56. The first-order valence-corrected chi connectivity index (χ1v) is 11.4. The number of ether oxygens (including phenoxy) is 1. The Morgan fingerprint density at radius 1 is 1.10 bits per heavy atom. The van der Waals surface area contributed by atoms with Crippen LogP contribution in [0.5, 0.6) is 5.75 Å². The summed E-state index contributed by atoms with van der Waals surface area (Å²) in [6, 6.07) is 9.93. The van der Waals surface area contributed by atoms with E-state index in [1.54, 1.807) is 24.0 Å². The Morgan fingerprint density at radius 3 is 2.68 bits per heavy atom. The van der Waals surface area contributed by atoms with E-state index >= 15 is 0 Å². The number of aryl methyl sites for hydroxylation is 2. The molecule has 2 aliphatic heterocycles. The molecule has 166 valence electrons. The van der Waals surface area contributed by atoms with E-state index in [0.29, 0.717) is 44.8 Å². The fraction of sp³-hybridized carbons (Fsp3) is 0.542. The minimum atomic E-state index is -0.399. The minimum Gasteiger partial charge on any atom is -0.491 e. The summed E-state index contributed by atoms with van der Waals surface area (Å²) in [7, 11) is 1.78. The molecule has 1 spiro atoms. The Hall–Kier alpha value is -2.83. The summed E-state index contributed by atoms with van der Waals surface area (Å²) in [5.74, 6) is 1.02. The molecule has 0 saturated carbocycles. The lowest BCUT2D eigenvalue weighted by Gasteiger charge is -2.40. The monoisotopic (exact) mass is 424 g/mol. The van der Waals surface area contributed by atoms with Gasteiger partial charge in [-0.2, -0.15) is 5.10 Å². The van der Waals surface area contributed by atoms with Crippen LogP contribution in [-0.4, -0.2) is 52.7 Å². The predicted octanol–water partition coefficient (Wildman–Crippen LogP) is 2.95. The van der Waals surface area contributed by atoms with E-state index in [9.17, 15) is 9.59 Å². The van der Waals surface area contributed by atoms with Crippen LogP contribution in [0.1, 0.15) is 54.6 Å². The predicted molar refractivity (Wildman–Crippen MR) is 118 cm³/mol. The number of piperidine rings is 1. The zero-order valence-corrected chi connectivity index (χ0v) is 18.3. The van der Waals surface area contributed by atoms with Gasteiger partial charge in [-0.15, -0.1) is 0 Å². The highest BCUT2D eigenvalue weighted by Gasteiger charge is 2.41. The molecule has 0 atom stereocenters. The molecule has 2 aliphatic rings. The van der Waals surface area contributed by atoms with Gasteiger partial charge in [0, 0.05) is 26.3 Å². The van der Waals surface area contributed by atoms with Crippen molar-refractivity contribution in [3.8, 4) is 5.75 Å². The molecule has 3 heterocycles. The molecule has 0 unspecified atom stereocenters. The first-order chi connectivity index (χ1) is 15.1. The van der Waals surface area contributed by atoms with E-state index in [0.717, 1.165) is 37.9 Å². The van der Waals surface area contributed by atoms with Gasteiger partial charge in [0.15, 0.2) is 0 Å². The molecule has 2 amide bonds. The molecule has 1 fully saturated rings. The number of hydrogen-bond acceptors (Lipinski definition) is 4. The summed E-state index contributed by atoms with van der Waals surface area (Å²) in [6.45, 7) is 2.15. The van der Waals surface area contributed by atoms with Crippen LogP contribution in [0.4, 0.5) is 0 Å². The van der Waals surface area contributed by atoms with Crippen LogP contribution in [0.25, 0.3) is 0 Å². The number of hydrogen-bond donors (Lipinski definition) is 1. The topological polar surface area (TPSA) is 76.5 Å². The van der Waals surface area contributed by atoms with Gasteiger partial charge in [0.25, 0.3) is 5.91 Å². The summed E-state index contributed by atoms with van der Waals surface area (Å²) in [4.78, 5) is 27.9. The van der Waals surface area contributed by atoms with Gasteiger partial charge >= 0.3 is 0 Å². The molecule has 7 nitrogen and oxygen atoms in total. The van der Waals surface area contributed by atoms with E-state index in [1.165, 1.54) is 5.56 Å². The van der Waals surface area contributed by atoms with Gasteiger partial charge in [-0.25, -0.2) is 0 Å². The smallest absolute Gasteiger partial charge is 0.272 e. The van der Waals surface area contributed by atoms with Crippen LogP contribution in [0.2, 0.25) is 0 Å². The van der Waals surface area contributed by atoms with E-state index < -0.39 is 5.41 Å². The quantitative estimate of drug-likeness (QED) is 0.764. The molecular weight excluding hydrogens is 392 g/mol. The van der Waals surface area contributed by atoms with Crippen molar-refractivity contribution in [1.82, 2.24) is 20.0 Å². The highest BCUT2D eigenvalue weighted by molar-refractivity contribution is 5.93. The zero-order valence-electron chi connectivity index (χ0n) is 18.3. The molecule has 0 bridgehead atoms. The van der Waals surface area contributed by atoms with Crippen molar-refractivity contribution < 1.29 is 14.3 Å². The molecule has 4 rings (SSSR count). The number of rotatable bonds is 1. The SMILES string of the molecule is Cn1nccc1C(=O)N1CCC2(CCCCCc3ccccc3OCCNC2=O)CC1. The Balaban J connectivity index is 1.40. The molecule has 1 aromatic heterocycles. The molecule has 2 aromatic rings. The largest absolute Gasteiger partial charge is 0.491 e. The molecule has 0 radical (unpaired) electrons. The van der Waals surface area contributed by atoms with Crippen LogP contribution in [0.15, 0.2) is 36.5 Å². The van der Waals surface area contributed by atoms with Crippen molar-refractivity contribution in [2.75, 3.05) is 26.2 Å². The molecule has 1 saturated heterocycles. The summed E-state index contributed by atoms with van der Waals surface area (Å²) >= 11 is 0. The number of nitrogens with zero attached hydrogens (tertiary/aromatic N) is 3. The van der Waals surface area contributed by atoms with Gasteiger partial charge in [-0.05, 0) is 49.8 Å². The fourth-order valence-electron chi connectivity index (χ4n) is 4.79. The Morgan fingerprint density at radius 2 is 1.90 bits per heavy atom. The number of nitrogens with one attached hydrogen (secondary N) is 1. The maximum Gasteiger partial charge on any atom is 0.272 e. The van der Waals surface area contributed by atoms with Gasteiger partial charge in [0.2, 0.25) is 5.91 Å². The van der Waals surface area contributed by atoms with Crippen LogP contribution in [0, 0.1) is 5.41 Å². The standard InChI is InChI=1S/C24H32N4O3/c1-27-20(10-14-26-27)22(29)28-16-12-24(13-17-28)11-6-2-3-7-19-8-4-5-9-21(19)31-18-15-25-23(24)30/h4-5,8-10,14H,2-3,6-7,11-13,15-18H2,1H3,(H,25,30). The summed E-state index contributed by atoms with van der Waals surface area (Å²) in [6.07, 6.45) is 8.10. The number of aromatic nitrogens is 2. The second-order valence-electron chi connectivity index (χ2n) is 8.69. The van der Waals surface area contributed by atoms with E-state index in [4.69, 9.17) is 4.74 Å². The summed E-state index contributed by atoms with van der Waals surface area (Å²) in [5, 5.41) is 7.21. The third-order valence-electron chi connectivity index (χ3n) is 6.75. The maximum absolute atomic E-state index is 13.2. The van der Waals surface area contributed by atoms with Crippen LogP contribution in [-0.2, 0) is 18.3 Å². The van der Waals surface area contributed by atoms with Gasteiger partial charge in [0.05, 0.1) is 12.0 Å². The number of amides is 2. The van der Waals surface area contributed by atoms with Crippen LogP contribution in [0.3, 0.4) is 0 Å². The number of carbonyl (C=O) groups is 2. The highest BCUT2D eigenvalue weighted by Crippen LogP contribution is 2.38. The van der Waals surface area contributed by atoms with E-state index in [2.05, 4.69) is 22.5 Å². The number of likely N-dealkylation sites (tertiary alicyclic amines) is 1. The van der Waals surface area contributed by atoms with Crippen molar-refractivity contribution in [1.29, 1.82) is 0 Å². The molecule has 7 heteroatoms. The third-order valence-corrected chi connectivity index (χ3v) is 6.75. The molecule has 31 heavy (non-hydrogen) atoms. The van der Waals surface area contributed by atoms with Crippen molar-refractivity contribution >= 4 is 11.8 Å². The number of para-hydroxylation sites is 1. The lowest BCUT2D eigenvalue weighted by atomic mass is 9.73. The van der Waals surface area contributed by atoms with Gasteiger partial charge < -0.3 is 15.0 Å². The minimum absolute atomic E-state index is 0.00827. The average Bonchev–Trinajstić information content (AvgIpc) is 3.22. The number of benzene rings is 1. The molecular formula is C24H32N4O3.